The molecule has 7 heteroatoms. The van der Waals surface area contributed by atoms with Gasteiger partial charge in [0.15, 0.2) is 0 Å². The highest BCUT2D eigenvalue weighted by Crippen LogP contribution is 2.31. The average molecular weight is 419 g/mol. The van der Waals surface area contributed by atoms with Crippen LogP contribution in [-0.4, -0.2) is 41.6 Å². The normalized spacial score (nSPS) is 13.4. The maximum absolute atomic E-state index is 13.0. The second-order valence-electron chi connectivity index (χ2n) is 7.62. The molecule has 1 aromatic heterocycles. The molecule has 160 valence electrons. The van der Waals surface area contributed by atoms with E-state index in [1.807, 2.05) is 24.3 Å². The van der Waals surface area contributed by atoms with Crippen LogP contribution < -0.4 is 10.1 Å². The minimum Gasteiger partial charge on any atom is -0.497 e. The lowest BCUT2D eigenvalue weighted by molar-refractivity contribution is -0.140. The first-order valence-electron chi connectivity index (χ1n) is 10.2. The van der Waals surface area contributed by atoms with E-state index in [2.05, 4.69) is 10.3 Å². The summed E-state index contributed by atoms with van der Waals surface area (Å²) < 4.78 is 10.6. The number of nitrogens with zero attached hydrogens (tertiary/aromatic N) is 1. The van der Waals surface area contributed by atoms with Crippen molar-refractivity contribution >= 4 is 34.2 Å². The zero-order chi connectivity index (χ0) is 22.0. The molecular formula is C24H25N3O4. The van der Waals surface area contributed by atoms with Gasteiger partial charge >= 0.3 is 12.0 Å². The standard InChI is InChI=1S/C24H25N3O4/c1-15(2)31-23(28)20-14-27(24(29)25-16-8-10-17(30-3)11-9-16)13-12-19-18-6-4-5-7-21(18)26-22(19)20/h4-11,14-15,26H,12-13H2,1-3H3,(H,25,29). The average Bonchev–Trinajstić information content (AvgIpc) is 3.00. The molecule has 0 unspecified atom stereocenters. The quantitative estimate of drug-likeness (QED) is 0.607. The van der Waals surface area contributed by atoms with Gasteiger partial charge < -0.3 is 19.8 Å². The summed E-state index contributed by atoms with van der Waals surface area (Å²) >= 11 is 0. The third-order valence-corrected chi connectivity index (χ3v) is 5.14. The second-order valence-corrected chi connectivity index (χ2v) is 7.62. The van der Waals surface area contributed by atoms with Crippen LogP contribution in [0.15, 0.2) is 54.7 Å². The highest BCUT2D eigenvalue weighted by molar-refractivity contribution is 6.18. The van der Waals surface area contributed by atoms with E-state index in [9.17, 15) is 9.59 Å². The van der Waals surface area contributed by atoms with Gasteiger partial charge in [0.05, 0.1) is 24.5 Å². The lowest BCUT2D eigenvalue weighted by Crippen LogP contribution is -2.32. The van der Waals surface area contributed by atoms with E-state index < -0.39 is 5.97 Å². The van der Waals surface area contributed by atoms with Gasteiger partial charge in [0.1, 0.15) is 5.75 Å². The molecule has 0 atom stereocenters. The largest absolute Gasteiger partial charge is 0.497 e. The molecule has 7 nitrogen and oxygen atoms in total. The summed E-state index contributed by atoms with van der Waals surface area (Å²) in [4.78, 5) is 30.8. The third kappa shape index (κ3) is 4.26. The molecule has 0 radical (unpaired) electrons. The molecule has 0 spiro atoms. The smallest absolute Gasteiger partial charge is 0.342 e. The predicted octanol–water partition coefficient (Wildman–Crippen LogP) is 4.56. The summed E-state index contributed by atoms with van der Waals surface area (Å²) in [6.45, 7) is 4.03. The van der Waals surface area contributed by atoms with Crippen LogP contribution in [0.25, 0.3) is 16.5 Å². The Bertz CT molecular complexity index is 1150. The Kier molecular flexibility index (Phi) is 5.66. The van der Waals surface area contributed by atoms with Crippen molar-refractivity contribution in [2.24, 2.45) is 0 Å². The van der Waals surface area contributed by atoms with Crippen LogP contribution in [0, 0.1) is 0 Å². The number of hydrogen-bond donors (Lipinski definition) is 2. The van der Waals surface area contributed by atoms with E-state index in [-0.39, 0.29) is 12.1 Å². The fraction of sp³-hybridized carbons (Fsp3) is 0.250. The monoisotopic (exact) mass is 419 g/mol. The molecule has 1 aliphatic heterocycles. The molecule has 2 N–H and O–H groups in total. The van der Waals surface area contributed by atoms with Crippen LogP contribution in [0.5, 0.6) is 5.75 Å². The Hall–Kier alpha value is -3.74. The number of nitrogens with one attached hydrogen (secondary N) is 2. The third-order valence-electron chi connectivity index (χ3n) is 5.14. The lowest BCUT2D eigenvalue weighted by atomic mass is 10.0. The number of aromatic nitrogens is 1. The predicted molar refractivity (Wildman–Crippen MR) is 120 cm³/mol. The molecule has 0 aliphatic carbocycles. The first kappa shape index (κ1) is 20.5. The van der Waals surface area contributed by atoms with Gasteiger partial charge in [-0.2, -0.15) is 0 Å². The summed E-state index contributed by atoms with van der Waals surface area (Å²) in [6, 6.07) is 14.7. The SMILES string of the molecule is COc1ccc(NC(=O)N2C=C(C(=O)OC(C)C)c3[nH]c4ccccc4c3CC2)cc1. The first-order chi connectivity index (χ1) is 15.0. The van der Waals surface area contributed by atoms with E-state index in [0.717, 1.165) is 16.5 Å². The number of para-hydroxylation sites is 1. The number of H-pyrrole nitrogens is 1. The van der Waals surface area contributed by atoms with Crippen molar-refractivity contribution in [1.29, 1.82) is 0 Å². The molecule has 0 saturated heterocycles. The number of urea groups is 1. The number of carbonyl (C=O) groups is 2. The Morgan fingerprint density at radius 2 is 1.84 bits per heavy atom. The summed E-state index contributed by atoms with van der Waals surface area (Å²) in [7, 11) is 1.59. The van der Waals surface area contributed by atoms with Gasteiger partial charge in [0.2, 0.25) is 0 Å². The Balaban J connectivity index is 1.67. The van der Waals surface area contributed by atoms with Crippen LogP contribution >= 0.6 is 0 Å². The molecule has 0 saturated carbocycles. The summed E-state index contributed by atoms with van der Waals surface area (Å²) in [5.41, 5.74) is 3.63. The highest BCUT2D eigenvalue weighted by Gasteiger charge is 2.27. The molecule has 0 bridgehead atoms. The van der Waals surface area contributed by atoms with Crippen LogP contribution in [0.2, 0.25) is 0 Å². The Morgan fingerprint density at radius 3 is 2.55 bits per heavy atom. The number of anilines is 1. The van der Waals surface area contributed by atoms with Gasteiger partial charge in [-0.05, 0) is 56.2 Å². The van der Waals surface area contributed by atoms with Gasteiger partial charge in [0.25, 0.3) is 0 Å². The molecule has 31 heavy (non-hydrogen) atoms. The number of aromatic amines is 1. The molecule has 2 aromatic carbocycles. The molecule has 2 amide bonds. The number of carbonyl (C=O) groups excluding carboxylic acids is 2. The van der Waals surface area contributed by atoms with Crippen LogP contribution in [-0.2, 0) is 16.0 Å². The Labute approximate surface area is 180 Å². The van der Waals surface area contributed by atoms with Gasteiger partial charge in [-0.1, -0.05) is 18.2 Å². The number of methoxy groups -OCH3 is 1. The van der Waals surface area contributed by atoms with Crippen LogP contribution in [0.1, 0.15) is 25.1 Å². The molecule has 4 rings (SSSR count). The fourth-order valence-electron chi connectivity index (χ4n) is 3.67. The van der Waals surface area contributed by atoms with E-state index >= 15 is 0 Å². The fourth-order valence-corrected chi connectivity index (χ4v) is 3.67. The van der Waals surface area contributed by atoms with Crippen molar-refractivity contribution < 1.29 is 19.1 Å². The molecule has 3 aromatic rings. The second kappa shape index (κ2) is 8.55. The van der Waals surface area contributed by atoms with Crippen LogP contribution in [0.4, 0.5) is 10.5 Å². The topological polar surface area (TPSA) is 83.7 Å². The number of hydrogen-bond acceptors (Lipinski definition) is 4. The van der Waals surface area contributed by atoms with Gasteiger partial charge in [-0.3, -0.25) is 4.90 Å². The molecule has 2 heterocycles. The number of benzene rings is 2. The number of ether oxygens (including phenoxy) is 2. The summed E-state index contributed by atoms with van der Waals surface area (Å²) in [5, 5.41) is 3.91. The number of amides is 2. The van der Waals surface area contributed by atoms with Crippen molar-refractivity contribution in [2.75, 3.05) is 19.0 Å². The minimum absolute atomic E-state index is 0.272. The summed E-state index contributed by atoms with van der Waals surface area (Å²) in [6.07, 6.45) is 1.90. The molecule has 1 aliphatic rings. The maximum atomic E-state index is 13.0. The van der Waals surface area contributed by atoms with Crippen molar-refractivity contribution in [3.8, 4) is 5.75 Å². The van der Waals surface area contributed by atoms with Gasteiger partial charge in [-0.15, -0.1) is 0 Å². The zero-order valence-corrected chi connectivity index (χ0v) is 17.8. The minimum atomic E-state index is -0.466. The van der Waals surface area contributed by atoms with Crippen molar-refractivity contribution in [3.05, 3.63) is 66.0 Å². The van der Waals surface area contributed by atoms with Crippen molar-refractivity contribution in [3.63, 3.8) is 0 Å². The lowest BCUT2D eigenvalue weighted by Gasteiger charge is -2.19. The number of rotatable bonds is 4. The van der Waals surface area contributed by atoms with E-state index in [1.165, 1.54) is 4.90 Å². The number of fused-ring (bicyclic) bond motifs is 3. The van der Waals surface area contributed by atoms with Gasteiger partial charge in [-0.25, -0.2) is 9.59 Å². The Morgan fingerprint density at radius 1 is 1.10 bits per heavy atom. The zero-order valence-electron chi connectivity index (χ0n) is 17.8. The molecule has 0 fully saturated rings. The van der Waals surface area contributed by atoms with Crippen molar-refractivity contribution in [1.82, 2.24) is 9.88 Å². The van der Waals surface area contributed by atoms with E-state index in [4.69, 9.17) is 9.47 Å². The number of esters is 1. The first-order valence-corrected chi connectivity index (χ1v) is 10.2. The van der Waals surface area contributed by atoms with E-state index in [0.29, 0.717) is 35.7 Å². The van der Waals surface area contributed by atoms with Gasteiger partial charge in [0, 0.05) is 29.3 Å². The highest BCUT2D eigenvalue weighted by atomic mass is 16.5. The summed E-state index contributed by atoms with van der Waals surface area (Å²) in [5.74, 6) is 0.240. The van der Waals surface area contributed by atoms with E-state index in [1.54, 1.807) is 51.4 Å². The maximum Gasteiger partial charge on any atom is 0.342 e. The molecular weight excluding hydrogens is 394 g/mol. The van der Waals surface area contributed by atoms with Crippen LogP contribution in [0.3, 0.4) is 0 Å². The van der Waals surface area contributed by atoms with Crippen molar-refractivity contribution in [2.45, 2.75) is 26.4 Å².